The van der Waals surface area contributed by atoms with Crippen LogP contribution in [0.25, 0.3) is 0 Å². The summed E-state index contributed by atoms with van der Waals surface area (Å²) in [6.45, 7) is 8.99. The van der Waals surface area contributed by atoms with Gasteiger partial charge in [-0.2, -0.15) is 0 Å². The van der Waals surface area contributed by atoms with Gasteiger partial charge in [-0.15, -0.1) is 0 Å². The Kier molecular flexibility index (Phi) is 32.4. The highest BCUT2D eigenvalue weighted by atomic mass is 16.5. The Morgan fingerprint density at radius 2 is 1.31 bits per heavy atom. The Morgan fingerprint density at radius 3 is 1.31 bits per heavy atom. The van der Waals surface area contributed by atoms with E-state index in [-0.39, 0.29) is 13.2 Å². The second kappa shape index (κ2) is 22.6. The predicted octanol–water partition coefficient (Wildman–Crippen LogP) is 0.401. The van der Waals surface area contributed by atoms with Crippen LogP contribution in [-0.4, -0.2) is 47.9 Å². The second-order valence-corrected chi connectivity index (χ2v) is 2.13. The van der Waals surface area contributed by atoms with Crippen LogP contribution >= 0.6 is 0 Å². The van der Waals surface area contributed by atoms with Crippen molar-refractivity contribution in [2.45, 2.75) is 33.8 Å². The summed E-state index contributed by atoms with van der Waals surface area (Å²) in [5, 5.41) is 23.6. The Morgan fingerprint density at radius 1 is 1.08 bits per heavy atom. The van der Waals surface area contributed by atoms with Crippen LogP contribution in [-0.2, 0) is 4.74 Å². The van der Waals surface area contributed by atoms with E-state index in [4.69, 9.17) is 20.1 Å². The molecule has 0 amide bonds. The molecule has 0 aromatic carbocycles. The number of aliphatic hydroxyl groups is 3. The summed E-state index contributed by atoms with van der Waals surface area (Å²) < 4.78 is 4.83. The molecule has 0 aromatic heterocycles. The minimum Gasteiger partial charge on any atom is -0.397 e. The molecule has 84 valence electrons. The molecule has 0 heterocycles. The number of rotatable bonds is 3. The number of ether oxygens (including phenoxy) is 1. The number of hydrogen-bond acceptors (Lipinski definition) is 4. The van der Waals surface area contributed by atoms with Crippen LogP contribution in [0.15, 0.2) is 0 Å². The molecule has 4 nitrogen and oxygen atoms in total. The van der Waals surface area contributed by atoms with Crippen LogP contribution in [0.4, 0.5) is 0 Å². The molecule has 0 saturated carbocycles. The van der Waals surface area contributed by atoms with Gasteiger partial charge >= 0.3 is 0 Å². The minimum absolute atomic E-state index is 0.139. The number of aliphatic hydroxyl groups excluding tert-OH is 3. The van der Waals surface area contributed by atoms with Crippen LogP contribution in [0.1, 0.15) is 27.7 Å². The SMILES string of the molecule is CC(O)CO.CCO.CCOCC. The van der Waals surface area contributed by atoms with Gasteiger partial charge in [0, 0.05) is 19.8 Å². The summed E-state index contributed by atoms with van der Waals surface area (Å²) >= 11 is 0. The quantitative estimate of drug-likeness (QED) is 0.611. The Labute approximate surface area is 81.2 Å². The van der Waals surface area contributed by atoms with E-state index in [1.165, 1.54) is 6.92 Å². The summed E-state index contributed by atoms with van der Waals surface area (Å²) in [6.07, 6.45) is -0.560. The van der Waals surface area contributed by atoms with Gasteiger partial charge in [-0.3, -0.25) is 0 Å². The molecule has 0 saturated heterocycles. The van der Waals surface area contributed by atoms with Crippen molar-refractivity contribution in [3.8, 4) is 0 Å². The zero-order valence-corrected chi connectivity index (χ0v) is 9.16. The third kappa shape index (κ3) is 77.7. The monoisotopic (exact) mass is 196 g/mol. The molecule has 0 aliphatic carbocycles. The smallest absolute Gasteiger partial charge is 0.0742 e. The molecule has 0 aliphatic heterocycles. The van der Waals surface area contributed by atoms with Crippen molar-refractivity contribution in [2.75, 3.05) is 26.4 Å². The maximum absolute atomic E-state index is 8.11. The maximum atomic E-state index is 8.11. The Hall–Kier alpha value is -0.160. The summed E-state index contributed by atoms with van der Waals surface area (Å²) in [6, 6.07) is 0. The van der Waals surface area contributed by atoms with E-state index in [1.54, 1.807) is 6.92 Å². The minimum atomic E-state index is -0.560. The molecular weight excluding hydrogens is 172 g/mol. The van der Waals surface area contributed by atoms with Crippen molar-refractivity contribution >= 4 is 0 Å². The van der Waals surface area contributed by atoms with Crippen LogP contribution in [0.2, 0.25) is 0 Å². The van der Waals surface area contributed by atoms with Crippen LogP contribution in [0.5, 0.6) is 0 Å². The van der Waals surface area contributed by atoms with Gasteiger partial charge in [0.1, 0.15) is 0 Å². The Bertz CT molecular complexity index is 55.6. The van der Waals surface area contributed by atoms with E-state index in [9.17, 15) is 0 Å². The van der Waals surface area contributed by atoms with Crippen molar-refractivity contribution in [2.24, 2.45) is 0 Å². The highest BCUT2D eigenvalue weighted by molar-refractivity contribution is 4.34. The summed E-state index contributed by atoms with van der Waals surface area (Å²) in [5.41, 5.74) is 0. The van der Waals surface area contributed by atoms with Crippen molar-refractivity contribution in [1.82, 2.24) is 0 Å². The van der Waals surface area contributed by atoms with Crippen LogP contribution < -0.4 is 0 Å². The van der Waals surface area contributed by atoms with Crippen molar-refractivity contribution in [1.29, 1.82) is 0 Å². The van der Waals surface area contributed by atoms with Gasteiger partial charge in [0.2, 0.25) is 0 Å². The second-order valence-electron chi connectivity index (χ2n) is 2.13. The van der Waals surface area contributed by atoms with Crippen molar-refractivity contribution in [3.63, 3.8) is 0 Å². The number of hydrogen-bond donors (Lipinski definition) is 3. The first-order valence-corrected chi connectivity index (χ1v) is 4.57. The van der Waals surface area contributed by atoms with Crippen molar-refractivity contribution in [3.05, 3.63) is 0 Å². The van der Waals surface area contributed by atoms with Crippen molar-refractivity contribution < 1.29 is 20.1 Å². The average molecular weight is 196 g/mol. The zero-order chi connectivity index (χ0) is 11.1. The lowest BCUT2D eigenvalue weighted by molar-refractivity contribution is 0.110. The molecule has 1 unspecified atom stereocenters. The molecule has 0 fully saturated rings. The molecule has 0 aliphatic rings. The first kappa shape index (κ1) is 18.6. The first-order valence-electron chi connectivity index (χ1n) is 4.57. The molecule has 0 radical (unpaired) electrons. The van der Waals surface area contributed by atoms with Gasteiger partial charge in [-0.25, -0.2) is 0 Å². The first-order chi connectivity index (χ1) is 6.10. The normalized spacial score (nSPS) is 10.4. The molecule has 1 atom stereocenters. The molecular formula is C9H24O4. The van der Waals surface area contributed by atoms with Gasteiger partial charge < -0.3 is 20.1 Å². The molecule has 13 heavy (non-hydrogen) atoms. The standard InChI is InChI=1S/C4H10O.C3H8O2.C2H6O/c1-3-5-4-2;1-3(5)2-4;1-2-3/h3-4H2,1-2H3;3-5H,2H2,1H3;3H,2H2,1H3. The van der Waals surface area contributed by atoms with Crippen LogP contribution in [0.3, 0.4) is 0 Å². The van der Waals surface area contributed by atoms with E-state index in [1.807, 2.05) is 13.8 Å². The van der Waals surface area contributed by atoms with E-state index in [0.717, 1.165) is 13.2 Å². The highest BCUT2D eigenvalue weighted by Crippen LogP contribution is 1.68. The largest absolute Gasteiger partial charge is 0.397 e. The third-order valence-electron chi connectivity index (χ3n) is 0.672. The third-order valence-corrected chi connectivity index (χ3v) is 0.672. The van der Waals surface area contributed by atoms with E-state index >= 15 is 0 Å². The average Bonchev–Trinajstić information content (AvgIpc) is 2.08. The Balaban J connectivity index is -0.000000120. The fourth-order valence-corrected chi connectivity index (χ4v) is 0.204. The summed E-state index contributed by atoms with van der Waals surface area (Å²) in [7, 11) is 0. The predicted molar refractivity (Wildman–Crippen MR) is 53.7 cm³/mol. The molecule has 4 heteroatoms. The lowest BCUT2D eigenvalue weighted by Gasteiger charge is -1.90. The van der Waals surface area contributed by atoms with E-state index < -0.39 is 6.10 Å². The zero-order valence-electron chi connectivity index (χ0n) is 9.16. The van der Waals surface area contributed by atoms with E-state index in [2.05, 4.69) is 0 Å². The van der Waals surface area contributed by atoms with Gasteiger partial charge in [0.25, 0.3) is 0 Å². The van der Waals surface area contributed by atoms with Gasteiger partial charge in [0.05, 0.1) is 12.7 Å². The molecule has 3 N–H and O–H groups in total. The van der Waals surface area contributed by atoms with Gasteiger partial charge in [-0.1, -0.05) is 0 Å². The molecule has 0 spiro atoms. The molecule has 0 aromatic rings. The van der Waals surface area contributed by atoms with E-state index in [0.29, 0.717) is 0 Å². The lowest BCUT2D eigenvalue weighted by Crippen LogP contribution is -2.03. The van der Waals surface area contributed by atoms with Crippen LogP contribution in [0, 0.1) is 0 Å². The summed E-state index contributed by atoms with van der Waals surface area (Å²) in [5.74, 6) is 0. The topological polar surface area (TPSA) is 69.9 Å². The van der Waals surface area contributed by atoms with Gasteiger partial charge in [0.15, 0.2) is 0 Å². The highest BCUT2D eigenvalue weighted by Gasteiger charge is 1.83. The fourth-order valence-electron chi connectivity index (χ4n) is 0.204. The lowest BCUT2D eigenvalue weighted by atomic mass is 10.5. The fraction of sp³-hybridized carbons (Fsp3) is 1.00. The molecule has 0 bridgehead atoms. The molecule has 0 rings (SSSR count). The maximum Gasteiger partial charge on any atom is 0.0742 e. The van der Waals surface area contributed by atoms with Gasteiger partial charge in [-0.05, 0) is 27.7 Å². The summed E-state index contributed by atoms with van der Waals surface area (Å²) in [4.78, 5) is 0.